The molecule has 1 N–H and O–H groups in total. The Morgan fingerprint density at radius 3 is 2.67 bits per heavy atom. The number of aromatic nitrogens is 3. The van der Waals surface area contributed by atoms with Crippen molar-refractivity contribution in [2.75, 3.05) is 19.6 Å². The summed E-state index contributed by atoms with van der Waals surface area (Å²) in [5, 5.41) is 12.0. The average molecular weight is 325 g/mol. The summed E-state index contributed by atoms with van der Waals surface area (Å²) < 4.78 is 1.86. The third-order valence-electron chi connectivity index (χ3n) is 4.81. The third-order valence-corrected chi connectivity index (χ3v) is 4.81. The van der Waals surface area contributed by atoms with Crippen LogP contribution in [0.5, 0.6) is 0 Å². The summed E-state index contributed by atoms with van der Waals surface area (Å²) in [6.45, 7) is 6.45. The summed E-state index contributed by atoms with van der Waals surface area (Å²) in [6.07, 6.45) is 2.22. The summed E-state index contributed by atoms with van der Waals surface area (Å²) in [4.78, 5) is 14.9. The van der Waals surface area contributed by atoms with Gasteiger partial charge in [-0.15, -0.1) is 5.10 Å². The minimum Gasteiger partial charge on any atom is -0.334 e. The molecule has 126 valence electrons. The molecule has 1 saturated heterocycles. The molecule has 0 spiro atoms. The van der Waals surface area contributed by atoms with Gasteiger partial charge in [-0.05, 0) is 38.8 Å². The minimum absolute atomic E-state index is 0.0172. The molecular formula is C18H23N5O. The zero-order chi connectivity index (χ0) is 16.7. The number of nitrogens with zero attached hydrogens (tertiary/aromatic N) is 4. The molecule has 1 saturated carbocycles. The summed E-state index contributed by atoms with van der Waals surface area (Å²) in [7, 11) is 0. The van der Waals surface area contributed by atoms with Crippen molar-refractivity contribution < 1.29 is 4.79 Å². The van der Waals surface area contributed by atoms with Crippen molar-refractivity contribution in [2.45, 2.75) is 38.6 Å². The van der Waals surface area contributed by atoms with E-state index in [4.69, 9.17) is 0 Å². The predicted molar refractivity (Wildman–Crippen MR) is 91.4 cm³/mol. The lowest BCUT2D eigenvalue weighted by molar-refractivity contribution is 0.0702. The Balaban J connectivity index is 1.69. The van der Waals surface area contributed by atoms with Crippen molar-refractivity contribution in [2.24, 2.45) is 0 Å². The van der Waals surface area contributed by atoms with Gasteiger partial charge in [0.1, 0.15) is 0 Å². The van der Waals surface area contributed by atoms with E-state index in [1.807, 2.05) is 21.7 Å². The number of hydrogen-bond acceptors (Lipinski definition) is 4. The maximum absolute atomic E-state index is 13.0. The highest BCUT2D eigenvalue weighted by Crippen LogP contribution is 2.42. The quantitative estimate of drug-likeness (QED) is 0.936. The fourth-order valence-corrected chi connectivity index (χ4v) is 3.31. The van der Waals surface area contributed by atoms with Gasteiger partial charge in [-0.2, -0.15) is 0 Å². The van der Waals surface area contributed by atoms with Gasteiger partial charge in [-0.3, -0.25) is 4.79 Å². The molecule has 6 heteroatoms. The first-order chi connectivity index (χ1) is 11.6. The molecule has 4 rings (SSSR count). The molecule has 2 heterocycles. The van der Waals surface area contributed by atoms with Gasteiger partial charge < -0.3 is 10.2 Å². The smallest absolute Gasteiger partial charge is 0.276 e. The van der Waals surface area contributed by atoms with Crippen molar-refractivity contribution in [1.82, 2.24) is 25.2 Å². The Morgan fingerprint density at radius 1 is 1.25 bits per heavy atom. The molecule has 1 amide bonds. The largest absolute Gasteiger partial charge is 0.334 e. The monoisotopic (exact) mass is 325 g/mol. The minimum atomic E-state index is 0.0172. The molecule has 2 fully saturated rings. The van der Waals surface area contributed by atoms with Crippen LogP contribution < -0.4 is 5.32 Å². The van der Waals surface area contributed by atoms with Crippen LogP contribution in [0.25, 0.3) is 5.69 Å². The van der Waals surface area contributed by atoms with E-state index < -0.39 is 0 Å². The molecule has 1 atom stereocenters. The van der Waals surface area contributed by atoms with E-state index in [-0.39, 0.29) is 5.91 Å². The Labute approximate surface area is 141 Å². The molecule has 1 aliphatic carbocycles. The summed E-state index contributed by atoms with van der Waals surface area (Å²) in [6, 6.07) is 8.52. The lowest BCUT2D eigenvalue weighted by Gasteiger charge is -2.31. The zero-order valence-corrected chi connectivity index (χ0v) is 14.2. The molecule has 0 bridgehead atoms. The fourth-order valence-electron chi connectivity index (χ4n) is 3.31. The lowest BCUT2D eigenvalue weighted by Crippen LogP contribution is -2.51. The maximum atomic E-state index is 13.0. The number of benzene rings is 1. The molecule has 2 aliphatic rings. The Bertz CT molecular complexity index is 747. The molecule has 6 nitrogen and oxygen atoms in total. The van der Waals surface area contributed by atoms with E-state index in [1.165, 1.54) is 5.56 Å². The molecule has 2 aromatic rings. The van der Waals surface area contributed by atoms with Crippen molar-refractivity contribution in [3.63, 3.8) is 0 Å². The highest BCUT2D eigenvalue weighted by atomic mass is 16.2. The van der Waals surface area contributed by atoms with E-state index in [0.29, 0.717) is 17.7 Å². The molecule has 1 aliphatic heterocycles. The summed E-state index contributed by atoms with van der Waals surface area (Å²) in [5.74, 6) is 0.421. The van der Waals surface area contributed by atoms with Gasteiger partial charge in [0.25, 0.3) is 5.91 Å². The number of rotatable bonds is 3. The standard InChI is InChI=1S/C18H23N5O/c1-12-3-7-15(8-4-12)23-17(14-5-6-14)16(20-21-23)18(24)22-10-9-19-13(2)11-22/h3-4,7-8,13-14,19H,5-6,9-11H2,1-2H3/t13-/m0/s1. The van der Waals surface area contributed by atoms with Gasteiger partial charge in [-0.1, -0.05) is 22.9 Å². The number of carbonyl (C=O) groups excluding carboxylic acids is 1. The van der Waals surface area contributed by atoms with E-state index >= 15 is 0 Å². The van der Waals surface area contributed by atoms with Crippen LogP contribution in [0.3, 0.4) is 0 Å². The Morgan fingerprint density at radius 2 is 2.00 bits per heavy atom. The SMILES string of the molecule is Cc1ccc(-n2nnc(C(=O)N3CCN[C@@H](C)C3)c2C2CC2)cc1. The molecule has 1 aromatic carbocycles. The average Bonchev–Trinajstić information content (AvgIpc) is 3.33. The van der Waals surface area contributed by atoms with Crippen molar-refractivity contribution in [1.29, 1.82) is 0 Å². The van der Waals surface area contributed by atoms with Gasteiger partial charge in [0.15, 0.2) is 5.69 Å². The highest BCUT2D eigenvalue weighted by molar-refractivity contribution is 5.93. The van der Waals surface area contributed by atoms with Gasteiger partial charge in [0.2, 0.25) is 0 Å². The van der Waals surface area contributed by atoms with Crippen molar-refractivity contribution in [3.8, 4) is 5.69 Å². The van der Waals surface area contributed by atoms with Crippen LogP contribution in [0, 0.1) is 6.92 Å². The first-order valence-corrected chi connectivity index (χ1v) is 8.69. The molecule has 0 unspecified atom stereocenters. The van der Waals surface area contributed by atoms with Crippen LogP contribution in [-0.4, -0.2) is 51.5 Å². The summed E-state index contributed by atoms with van der Waals surface area (Å²) in [5.41, 5.74) is 3.70. The fraction of sp³-hybridized carbons (Fsp3) is 0.500. The van der Waals surface area contributed by atoms with E-state index in [0.717, 1.165) is 43.9 Å². The van der Waals surface area contributed by atoms with Crippen LogP contribution in [-0.2, 0) is 0 Å². The second-order valence-corrected chi connectivity index (χ2v) is 6.95. The Kier molecular flexibility index (Phi) is 3.84. The second-order valence-electron chi connectivity index (χ2n) is 6.95. The van der Waals surface area contributed by atoms with Gasteiger partial charge >= 0.3 is 0 Å². The lowest BCUT2D eigenvalue weighted by atomic mass is 10.1. The number of aryl methyl sites for hydroxylation is 1. The molecule has 1 aromatic heterocycles. The van der Waals surface area contributed by atoms with Crippen LogP contribution in [0.15, 0.2) is 24.3 Å². The van der Waals surface area contributed by atoms with E-state index in [9.17, 15) is 4.79 Å². The van der Waals surface area contributed by atoms with Crippen LogP contribution in [0.1, 0.15) is 47.4 Å². The first-order valence-electron chi connectivity index (χ1n) is 8.69. The third kappa shape index (κ3) is 2.82. The molecule has 0 radical (unpaired) electrons. The normalized spacial score (nSPS) is 21.1. The van der Waals surface area contributed by atoms with Gasteiger partial charge in [0, 0.05) is 31.6 Å². The van der Waals surface area contributed by atoms with Crippen LogP contribution in [0.4, 0.5) is 0 Å². The topological polar surface area (TPSA) is 63.1 Å². The zero-order valence-electron chi connectivity index (χ0n) is 14.2. The van der Waals surface area contributed by atoms with E-state index in [1.54, 1.807) is 0 Å². The molecule has 24 heavy (non-hydrogen) atoms. The number of amides is 1. The van der Waals surface area contributed by atoms with Gasteiger partial charge in [-0.25, -0.2) is 4.68 Å². The number of nitrogens with one attached hydrogen (secondary N) is 1. The number of piperazine rings is 1. The summed E-state index contributed by atoms with van der Waals surface area (Å²) >= 11 is 0. The van der Waals surface area contributed by atoms with E-state index in [2.05, 4.69) is 41.6 Å². The van der Waals surface area contributed by atoms with Crippen LogP contribution in [0.2, 0.25) is 0 Å². The maximum Gasteiger partial charge on any atom is 0.276 e. The predicted octanol–water partition coefficient (Wildman–Crippen LogP) is 1.89. The Hall–Kier alpha value is -2.21. The van der Waals surface area contributed by atoms with Crippen molar-refractivity contribution >= 4 is 5.91 Å². The molecular weight excluding hydrogens is 302 g/mol. The van der Waals surface area contributed by atoms with Gasteiger partial charge in [0.05, 0.1) is 11.4 Å². The second kappa shape index (κ2) is 6.02. The number of hydrogen-bond donors (Lipinski definition) is 1. The first kappa shape index (κ1) is 15.3. The van der Waals surface area contributed by atoms with Crippen LogP contribution >= 0.6 is 0 Å². The van der Waals surface area contributed by atoms with Crippen molar-refractivity contribution in [3.05, 3.63) is 41.2 Å². The number of carbonyl (C=O) groups is 1. The highest BCUT2D eigenvalue weighted by Gasteiger charge is 2.36.